The fourth-order valence-electron chi connectivity index (χ4n) is 5.97. The summed E-state index contributed by atoms with van der Waals surface area (Å²) in [5, 5.41) is 3.06. The summed E-state index contributed by atoms with van der Waals surface area (Å²) in [5.74, 6) is 1.02. The van der Waals surface area contributed by atoms with Crippen molar-refractivity contribution in [2.24, 2.45) is 23.2 Å². The first-order valence-electron chi connectivity index (χ1n) is 9.65. The van der Waals surface area contributed by atoms with E-state index in [1.54, 1.807) is 0 Å². The van der Waals surface area contributed by atoms with Crippen molar-refractivity contribution in [3.05, 3.63) is 35.6 Å². The second kappa shape index (κ2) is 6.67. The van der Waals surface area contributed by atoms with Gasteiger partial charge in [-0.15, -0.1) is 0 Å². The van der Waals surface area contributed by atoms with Crippen molar-refractivity contribution in [3.8, 4) is 0 Å². The Morgan fingerprint density at radius 1 is 1.19 bits per heavy atom. The number of carbonyl (C=O) groups is 2. The van der Waals surface area contributed by atoms with Crippen LogP contribution in [0, 0.1) is 29.0 Å². The number of halogens is 1. The zero-order chi connectivity index (χ0) is 18.3. The molecule has 5 heteroatoms. The third-order valence-electron chi connectivity index (χ3n) is 6.78. The Morgan fingerprint density at radius 3 is 2.38 bits per heavy atom. The number of rotatable bonds is 5. The molecule has 4 nitrogen and oxygen atoms in total. The lowest BCUT2D eigenvalue weighted by molar-refractivity contribution is -0.128. The SMILES string of the molecule is C[C@H](NC(=O)COC(=O)c1cccc(F)c1)C12CC3CC(CC(C3)C1)C2. The fraction of sp³-hybridized carbons (Fsp3) is 0.619. The smallest absolute Gasteiger partial charge is 0.338 e. The highest BCUT2D eigenvalue weighted by atomic mass is 19.1. The van der Waals surface area contributed by atoms with Gasteiger partial charge < -0.3 is 10.1 Å². The van der Waals surface area contributed by atoms with Crippen LogP contribution in [0.3, 0.4) is 0 Å². The van der Waals surface area contributed by atoms with E-state index in [0.717, 1.165) is 23.8 Å². The number of hydrogen-bond donors (Lipinski definition) is 1. The maximum absolute atomic E-state index is 13.2. The molecule has 4 aliphatic carbocycles. The molecule has 5 rings (SSSR count). The molecule has 0 aromatic heterocycles. The Kier molecular flexibility index (Phi) is 4.49. The number of amides is 1. The zero-order valence-corrected chi connectivity index (χ0v) is 15.2. The third kappa shape index (κ3) is 3.36. The average molecular weight is 359 g/mol. The van der Waals surface area contributed by atoms with Gasteiger partial charge in [0.1, 0.15) is 5.82 Å². The molecule has 1 N–H and O–H groups in total. The Hall–Kier alpha value is -1.91. The maximum Gasteiger partial charge on any atom is 0.338 e. The summed E-state index contributed by atoms with van der Waals surface area (Å²) < 4.78 is 18.2. The second-order valence-corrected chi connectivity index (χ2v) is 8.66. The van der Waals surface area contributed by atoms with Gasteiger partial charge in [-0.25, -0.2) is 9.18 Å². The molecular weight excluding hydrogens is 333 g/mol. The van der Waals surface area contributed by atoms with Gasteiger partial charge in [0, 0.05) is 6.04 Å². The van der Waals surface area contributed by atoms with Gasteiger partial charge in [-0.05, 0) is 86.8 Å². The highest BCUT2D eigenvalue weighted by molar-refractivity contribution is 5.91. The summed E-state index contributed by atoms with van der Waals surface area (Å²) in [4.78, 5) is 24.2. The highest BCUT2D eigenvalue weighted by Crippen LogP contribution is 2.61. The Labute approximate surface area is 153 Å². The van der Waals surface area contributed by atoms with Crippen LogP contribution >= 0.6 is 0 Å². The first kappa shape index (κ1) is 17.5. The van der Waals surface area contributed by atoms with E-state index in [1.165, 1.54) is 56.7 Å². The molecule has 26 heavy (non-hydrogen) atoms. The van der Waals surface area contributed by atoms with Crippen molar-refractivity contribution in [1.82, 2.24) is 5.32 Å². The lowest BCUT2D eigenvalue weighted by Crippen LogP contribution is -2.56. The summed E-state index contributed by atoms with van der Waals surface area (Å²) in [6, 6.07) is 5.38. The molecule has 1 atom stereocenters. The van der Waals surface area contributed by atoms with Gasteiger partial charge >= 0.3 is 5.97 Å². The summed E-state index contributed by atoms with van der Waals surface area (Å²) in [6.07, 6.45) is 7.73. The average Bonchev–Trinajstić information content (AvgIpc) is 2.58. The van der Waals surface area contributed by atoms with Crippen LogP contribution in [0.2, 0.25) is 0 Å². The number of carbonyl (C=O) groups excluding carboxylic acids is 2. The summed E-state index contributed by atoms with van der Waals surface area (Å²) in [6.45, 7) is 1.77. The molecular formula is C21H26FNO3. The van der Waals surface area contributed by atoms with Crippen LogP contribution < -0.4 is 5.32 Å². The minimum atomic E-state index is -0.679. The standard InChI is InChI=1S/C21H26FNO3/c1-13(21-9-14-5-15(10-21)7-16(6-14)11-21)23-19(24)12-26-20(25)17-3-2-4-18(22)8-17/h2-4,8,13-16H,5-7,9-12H2,1H3,(H,23,24)/t13-,14?,15?,16?,21?/m0/s1. The van der Waals surface area contributed by atoms with Crippen LogP contribution in [0.4, 0.5) is 4.39 Å². The van der Waals surface area contributed by atoms with Crippen LogP contribution in [0.25, 0.3) is 0 Å². The number of benzene rings is 1. The van der Waals surface area contributed by atoms with Crippen molar-refractivity contribution in [3.63, 3.8) is 0 Å². The van der Waals surface area contributed by atoms with Gasteiger partial charge in [0.15, 0.2) is 6.61 Å². The van der Waals surface area contributed by atoms with Crippen LogP contribution in [0.15, 0.2) is 24.3 Å². The number of hydrogen-bond acceptors (Lipinski definition) is 3. The van der Waals surface area contributed by atoms with Crippen LogP contribution in [-0.2, 0) is 9.53 Å². The molecule has 140 valence electrons. The van der Waals surface area contributed by atoms with E-state index >= 15 is 0 Å². The number of esters is 1. The van der Waals surface area contributed by atoms with Gasteiger partial charge in [0.05, 0.1) is 5.56 Å². The van der Waals surface area contributed by atoms with E-state index in [-0.39, 0.29) is 29.5 Å². The minimum absolute atomic E-state index is 0.0938. The molecule has 4 aliphatic rings. The largest absolute Gasteiger partial charge is 0.452 e. The fourth-order valence-corrected chi connectivity index (χ4v) is 5.97. The van der Waals surface area contributed by atoms with Crippen LogP contribution in [0.1, 0.15) is 55.8 Å². The minimum Gasteiger partial charge on any atom is -0.452 e. The van der Waals surface area contributed by atoms with Gasteiger partial charge in [0.2, 0.25) is 0 Å². The first-order chi connectivity index (χ1) is 12.4. The van der Waals surface area contributed by atoms with Crippen LogP contribution in [0.5, 0.6) is 0 Å². The quantitative estimate of drug-likeness (QED) is 0.816. The normalized spacial score (nSPS) is 32.9. The predicted octanol–water partition coefficient (Wildman–Crippen LogP) is 3.70. The Bertz CT molecular complexity index is 682. The summed E-state index contributed by atoms with van der Waals surface area (Å²) in [7, 11) is 0. The Balaban J connectivity index is 1.31. The lowest BCUT2D eigenvalue weighted by atomic mass is 9.48. The van der Waals surface area contributed by atoms with E-state index in [1.807, 2.05) is 0 Å². The summed E-state index contributed by atoms with van der Waals surface area (Å²) in [5.41, 5.74) is 0.337. The monoisotopic (exact) mass is 359 g/mol. The van der Waals surface area contributed by atoms with Gasteiger partial charge in [-0.3, -0.25) is 4.79 Å². The predicted molar refractivity (Wildman–Crippen MR) is 94.9 cm³/mol. The molecule has 0 radical (unpaired) electrons. The molecule has 0 saturated heterocycles. The molecule has 0 aliphatic heterocycles. The highest BCUT2D eigenvalue weighted by Gasteiger charge is 2.53. The van der Waals surface area contributed by atoms with E-state index in [0.29, 0.717) is 0 Å². The van der Waals surface area contributed by atoms with E-state index < -0.39 is 11.8 Å². The maximum atomic E-state index is 13.2. The molecule has 1 amide bonds. The van der Waals surface area contributed by atoms with Gasteiger partial charge in [0.25, 0.3) is 5.91 Å². The molecule has 4 fully saturated rings. The van der Waals surface area contributed by atoms with Crippen molar-refractivity contribution in [2.75, 3.05) is 6.61 Å². The molecule has 0 spiro atoms. The molecule has 4 saturated carbocycles. The zero-order valence-electron chi connectivity index (χ0n) is 15.2. The first-order valence-corrected chi connectivity index (χ1v) is 9.65. The lowest BCUT2D eigenvalue weighted by Gasteiger charge is -2.59. The third-order valence-corrected chi connectivity index (χ3v) is 6.78. The van der Waals surface area contributed by atoms with Crippen LogP contribution in [-0.4, -0.2) is 24.5 Å². The molecule has 1 aromatic rings. The topological polar surface area (TPSA) is 55.4 Å². The van der Waals surface area contributed by atoms with E-state index in [2.05, 4.69) is 12.2 Å². The van der Waals surface area contributed by atoms with E-state index in [9.17, 15) is 14.0 Å². The van der Waals surface area contributed by atoms with Crippen molar-refractivity contribution < 1.29 is 18.7 Å². The van der Waals surface area contributed by atoms with Gasteiger partial charge in [-0.2, -0.15) is 0 Å². The van der Waals surface area contributed by atoms with Crippen molar-refractivity contribution in [2.45, 2.75) is 51.5 Å². The molecule has 4 bridgehead atoms. The molecule has 0 unspecified atom stereocenters. The summed E-state index contributed by atoms with van der Waals surface area (Å²) >= 11 is 0. The molecule has 1 aromatic carbocycles. The number of ether oxygens (including phenoxy) is 1. The Morgan fingerprint density at radius 2 is 1.81 bits per heavy atom. The van der Waals surface area contributed by atoms with Gasteiger partial charge in [-0.1, -0.05) is 6.07 Å². The van der Waals surface area contributed by atoms with Crippen molar-refractivity contribution >= 4 is 11.9 Å². The molecule has 0 heterocycles. The number of nitrogens with one attached hydrogen (secondary N) is 1. The van der Waals surface area contributed by atoms with Crippen molar-refractivity contribution in [1.29, 1.82) is 0 Å². The second-order valence-electron chi connectivity index (χ2n) is 8.66. The van der Waals surface area contributed by atoms with E-state index in [4.69, 9.17) is 4.74 Å².